The van der Waals surface area contributed by atoms with Crippen molar-refractivity contribution in [1.29, 1.82) is 0 Å². The van der Waals surface area contributed by atoms with E-state index >= 15 is 0 Å². The van der Waals surface area contributed by atoms with Crippen LogP contribution in [0.25, 0.3) is 0 Å². The summed E-state index contributed by atoms with van der Waals surface area (Å²) in [7, 11) is 0. The molecule has 1 aromatic rings. The van der Waals surface area contributed by atoms with Crippen LogP contribution >= 0.6 is 0 Å². The van der Waals surface area contributed by atoms with E-state index in [9.17, 15) is 28.1 Å². The van der Waals surface area contributed by atoms with Gasteiger partial charge in [0.05, 0.1) is 16.7 Å². The molecule has 0 aliphatic rings. The largest absolute Gasteiger partial charge is 0.573 e. The molecule has 6 nitrogen and oxygen atoms in total. The molecular weight excluding hydrogens is 257 g/mol. The maximum Gasteiger partial charge on any atom is 0.573 e. The van der Waals surface area contributed by atoms with Crippen LogP contribution in [-0.2, 0) is 4.79 Å². The average Bonchev–Trinajstić information content (AvgIpc) is 2.17. The highest BCUT2D eigenvalue weighted by atomic mass is 19.4. The topological polar surface area (TPSA) is 81.5 Å². The van der Waals surface area contributed by atoms with Crippen molar-refractivity contribution < 1.29 is 27.6 Å². The van der Waals surface area contributed by atoms with Gasteiger partial charge in [-0.15, -0.1) is 13.2 Å². The molecule has 98 valence electrons. The zero-order chi connectivity index (χ0) is 13.9. The maximum absolute atomic E-state index is 12.1. The Morgan fingerprint density at radius 1 is 1.44 bits per heavy atom. The summed E-state index contributed by atoms with van der Waals surface area (Å²) in [5.41, 5.74) is -0.881. The number of carbonyl (C=O) groups is 1. The number of amides is 1. The average molecular weight is 264 g/mol. The van der Waals surface area contributed by atoms with Crippen LogP contribution in [0.2, 0.25) is 0 Å². The molecule has 0 spiro atoms. The van der Waals surface area contributed by atoms with Crippen molar-refractivity contribution in [2.45, 2.75) is 13.3 Å². The van der Waals surface area contributed by atoms with E-state index in [1.54, 1.807) is 0 Å². The lowest BCUT2D eigenvalue weighted by Gasteiger charge is -2.13. The van der Waals surface area contributed by atoms with Crippen molar-refractivity contribution in [2.75, 3.05) is 5.32 Å². The van der Waals surface area contributed by atoms with Gasteiger partial charge in [0.15, 0.2) is 5.75 Å². The number of nitro groups is 1. The number of non-ortho nitro benzene ring substituents is 1. The Labute approximate surface area is 98.5 Å². The van der Waals surface area contributed by atoms with Gasteiger partial charge in [0.2, 0.25) is 5.91 Å². The lowest BCUT2D eigenvalue weighted by atomic mass is 10.2. The van der Waals surface area contributed by atoms with E-state index in [2.05, 4.69) is 10.1 Å². The molecule has 18 heavy (non-hydrogen) atoms. The lowest BCUT2D eigenvalue weighted by Crippen LogP contribution is -2.19. The molecule has 0 bridgehead atoms. The fourth-order valence-corrected chi connectivity index (χ4v) is 1.13. The number of carbonyl (C=O) groups excluding carboxylic acids is 1. The molecule has 1 aromatic carbocycles. The number of hydrogen-bond acceptors (Lipinski definition) is 4. The van der Waals surface area contributed by atoms with Gasteiger partial charge in [0.1, 0.15) is 0 Å². The van der Waals surface area contributed by atoms with E-state index in [0.717, 1.165) is 19.1 Å². The minimum Gasteiger partial charge on any atom is -0.403 e. The highest BCUT2D eigenvalue weighted by molar-refractivity contribution is 5.90. The van der Waals surface area contributed by atoms with E-state index < -0.39 is 28.6 Å². The first kappa shape index (κ1) is 13.7. The second-order valence-corrected chi connectivity index (χ2v) is 3.17. The van der Waals surface area contributed by atoms with Crippen molar-refractivity contribution in [3.8, 4) is 5.75 Å². The fourth-order valence-electron chi connectivity index (χ4n) is 1.13. The van der Waals surface area contributed by atoms with Crippen LogP contribution in [0.1, 0.15) is 6.92 Å². The van der Waals surface area contributed by atoms with Gasteiger partial charge in [-0.05, 0) is 6.07 Å². The van der Waals surface area contributed by atoms with Crippen molar-refractivity contribution in [3.05, 3.63) is 28.3 Å². The summed E-state index contributed by atoms with van der Waals surface area (Å²) in [6.45, 7) is 1.08. The normalized spacial score (nSPS) is 10.9. The first-order chi connectivity index (χ1) is 8.19. The Hall–Kier alpha value is -2.32. The summed E-state index contributed by atoms with van der Waals surface area (Å²) < 4.78 is 39.9. The molecule has 9 heteroatoms. The van der Waals surface area contributed by atoms with Crippen LogP contribution in [0.5, 0.6) is 5.75 Å². The van der Waals surface area contributed by atoms with Gasteiger partial charge in [-0.25, -0.2) is 0 Å². The van der Waals surface area contributed by atoms with Gasteiger partial charge in [-0.2, -0.15) is 0 Å². The highest BCUT2D eigenvalue weighted by Gasteiger charge is 2.33. The Bertz CT molecular complexity index is 487. The van der Waals surface area contributed by atoms with Crippen LogP contribution in [0.4, 0.5) is 24.5 Å². The molecule has 0 atom stereocenters. The fraction of sp³-hybridized carbons (Fsp3) is 0.222. The molecule has 0 unspecified atom stereocenters. The van der Waals surface area contributed by atoms with E-state index in [1.165, 1.54) is 0 Å². The smallest absolute Gasteiger partial charge is 0.403 e. The first-order valence-corrected chi connectivity index (χ1v) is 4.51. The number of rotatable bonds is 3. The molecule has 1 N–H and O–H groups in total. The predicted molar refractivity (Wildman–Crippen MR) is 54.1 cm³/mol. The van der Waals surface area contributed by atoms with Crippen LogP contribution < -0.4 is 10.1 Å². The summed E-state index contributed by atoms with van der Waals surface area (Å²) >= 11 is 0. The van der Waals surface area contributed by atoms with Gasteiger partial charge in [0, 0.05) is 13.0 Å². The number of nitro benzene ring substituents is 1. The number of nitrogens with zero attached hydrogens (tertiary/aromatic N) is 1. The molecule has 1 amide bonds. The quantitative estimate of drug-likeness (QED) is 0.671. The van der Waals surface area contributed by atoms with Gasteiger partial charge in [-0.1, -0.05) is 0 Å². The maximum atomic E-state index is 12.1. The first-order valence-electron chi connectivity index (χ1n) is 4.51. The Kier molecular flexibility index (Phi) is 3.74. The Morgan fingerprint density at radius 2 is 2.06 bits per heavy atom. The van der Waals surface area contributed by atoms with Gasteiger partial charge < -0.3 is 10.1 Å². The SMILES string of the molecule is CC(=O)Nc1ccc([N+](=O)[O-])cc1OC(F)(F)F. The van der Waals surface area contributed by atoms with E-state index in [-0.39, 0.29) is 5.69 Å². The second-order valence-electron chi connectivity index (χ2n) is 3.17. The standard InChI is InChI=1S/C9H7F3N2O4/c1-5(15)13-7-3-2-6(14(16)17)4-8(7)18-9(10,11)12/h2-4H,1H3,(H,13,15). The third-order valence-electron chi connectivity index (χ3n) is 1.71. The van der Waals surface area contributed by atoms with Crippen molar-refractivity contribution in [3.63, 3.8) is 0 Å². The number of anilines is 1. The van der Waals surface area contributed by atoms with Crippen molar-refractivity contribution in [1.82, 2.24) is 0 Å². The number of benzene rings is 1. The zero-order valence-corrected chi connectivity index (χ0v) is 8.95. The number of alkyl halides is 3. The van der Waals surface area contributed by atoms with Gasteiger partial charge in [-0.3, -0.25) is 14.9 Å². The van der Waals surface area contributed by atoms with E-state index in [0.29, 0.717) is 6.07 Å². The molecule has 0 saturated carbocycles. The highest BCUT2D eigenvalue weighted by Crippen LogP contribution is 2.33. The van der Waals surface area contributed by atoms with E-state index in [1.807, 2.05) is 0 Å². The summed E-state index contributed by atoms with van der Waals surface area (Å²) in [4.78, 5) is 20.3. The van der Waals surface area contributed by atoms with Gasteiger partial charge >= 0.3 is 6.36 Å². The third kappa shape index (κ3) is 3.92. The molecule has 0 fully saturated rings. The monoisotopic (exact) mass is 264 g/mol. The van der Waals surface area contributed by atoms with Crippen molar-refractivity contribution in [2.24, 2.45) is 0 Å². The minimum atomic E-state index is -5.01. The predicted octanol–water partition coefficient (Wildman–Crippen LogP) is 2.45. The zero-order valence-electron chi connectivity index (χ0n) is 8.95. The van der Waals surface area contributed by atoms with Crippen molar-refractivity contribution >= 4 is 17.3 Å². The number of halogens is 3. The van der Waals surface area contributed by atoms with Crippen LogP contribution in [-0.4, -0.2) is 17.2 Å². The Balaban J connectivity index is 3.17. The molecule has 1 rings (SSSR count). The summed E-state index contributed by atoms with van der Waals surface area (Å²) in [6, 6.07) is 2.49. The van der Waals surface area contributed by atoms with Crippen LogP contribution in [0.15, 0.2) is 18.2 Å². The molecule has 0 radical (unpaired) electrons. The molecule has 0 saturated heterocycles. The summed E-state index contributed by atoms with van der Waals surface area (Å²) in [6.07, 6.45) is -5.01. The van der Waals surface area contributed by atoms with Gasteiger partial charge in [0.25, 0.3) is 5.69 Å². The Morgan fingerprint density at radius 3 is 2.50 bits per heavy atom. The summed E-state index contributed by atoms with van der Waals surface area (Å²) in [5.74, 6) is -1.47. The lowest BCUT2D eigenvalue weighted by molar-refractivity contribution is -0.385. The third-order valence-corrected chi connectivity index (χ3v) is 1.71. The molecule has 0 aliphatic heterocycles. The number of hydrogen-bond donors (Lipinski definition) is 1. The number of ether oxygens (including phenoxy) is 1. The minimum absolute atomic E-state index is 0.301. The van der Waals surface area contributed by atoms with Crippen LogP contribution in [0, 0.1) is 10.1 Å². The van der Waals surface area contributed by atoms with E-state index in [4.69, 9.17) is 0 Å². The van der Waals surface area contributed by atoms with Crippen LogP contribution in [0.3, 0.4) is 0 Å². The second kappa shape index (κ2) is 4.90. The molecule has 0 heterocycles. The molecule has 0 aromatic heterocycles. The molecule has 0 aliphatic carbocycles. The number of nitrogens with one attached hydrogen (secondary N) is 1. The molecular formula is C9H7F3N2O4. The summed E-state index contributed by atoms with van der Waals surface area (Å²) in [5, 5.41) is 12.5.